The minimum absolute atomic E-state index is 0. The van der Waals surface area contributed by atoms with Crippen LogP contribution in [0.25, 0.3) is 11.2 Å². The Morgan fingerprint density at radius 2 is 1.83 bits per heavy atom. The number of rotatable bonds is 5. The lowest BCUT2D eigenvalue weighted by Crippen LogP contribution is -2.32. The maximum atomic E-state index is 13.9. The summed E-state index contributed by atoms with van der Waals surface area (Å²) >= 11 is 1.19. The van der Waals surface area contributed by atoms with Crippen molar-refractivity contribution in [3.05, 3.63) is 84.2 Å². The van der Waals surface area contributed by atoms with Crippen LogP contribution in [0.2, 0.25) is 0 Å². The highest BCUT2D eigenvalue weighted by Crippen LogP contribution is 2.29. The zero-order chi connectivity index (χ0) is 19.7. The van der Waals surface area contributed by atoms with Gasteiger partial charge in [0, 0.05) is 16.1 Å². The number of aromatic nitrogens is 3. The number of fused-ring (bicyclic) bond motifs is 1. The maximum Gasteiger partial charge on any atom is 0.214 e. The fourth-order valence-corrected chi connectivity index (χ4v) is 3.62. The van der Waals surface area contributed by atoms with E-state index in [1.807, 2.05) is 18.3 Å². The Hall–Kier alpha value is -2.52. The van der Waals surface area contributed by atoms with Crippen molar-refractivity contribution in [3.8, 4) is 5.69 Å². The normalized spacial score (nSPS) is 12.0. The molecular formula is C20H17ClF2N3O2S+. The fraction of sp³-hybridized carbons (Fsp3) is 0.100. The second-order valence-corrected chi connectivity index (χ2v) is 7.25. The molecule has 0 aliphatic heterocycles. The molecule has 2 N–H and O–H groups in total. The first-order chi connectivity index (χ1) is 13.5. The van der Waals surface area contributed by atoms with Crippen LogP contribution in [0, 0.1) is 11.6 Å². The number of nitrogens with zero attached hydrogens (tertiary/aromatic N) is 3. The lowest BCUT2D eigenvalue weighted by atomic mass is 10.1. The van der Waals surface area contributed by atoms with E-state index < -0.39 is 17.7 Å². The molecule has 9 heteroatoms. The standard InChI is InChI=1S/C20H16F2N3O2S.ClH/c21-14-3-8-20(18(22)9-14)28-17-7-6-16-10-23-25(24(16)11-17)15-4-1-13(2-5-15)19(27)12-26;/h1-11,19,26-27H,12H2;1H/q+1;. The van der Waals surface area contributed by atoms with E-state index in [1.54, 1.807) is 39.8 Å². The van der Waals surface area contributed by atoms with Gasteiger partial charge in [-0.1, -0.05) is 23.9 Å². The van der Waals surface area contributed by atoms with E-state index in [1.165, 1.54) is 23.9 Å². The van der Waals surface area contributed by atoms with E-state index in [2.05, 4.69) is 5.10 Å². The monoisotopic (exact) mass is 436 g/mol. The largest absolute Gasteiger partial charge is 0.393 e. The Labute approximate surface area is 175 Å². The molecule has 2 aromatic carbocycles. The SMILES string of the molecule is Cl.OCC(O)c1ccc(-n2ncc3ccc(Sc4ccc(F)cc4F)c[n+]32)cc1. The Morgan fingerprint density at radius 1 is 1.07 bits per heavy atom. The van der Waals surface area contributed by atoms with Gasteiger partial charge in [0.2, 0.25) is 6.20 Å². The summed E-state index contributed by atoms with van der Waals surface area (Å²) in [7, 11) is 0. The average molecular weight is 437 g/mol. The third-order valence-corrected chi connectivity index (χ3v) is 5.27. The first-order valence-corrected chi connectivity index (χ1v) is 9.29. The molecular weight excluding hydrogens is 420 g/mol. The number of halogens is 3. The van der Waals surface area contributed by atoms with Crippen molar-refractivity contribution in [3.63, 3.8) is 0 Å². The van der Waals surface area contributed by atoms with E-state index >= 15 is 0 Å². The van der Waals surface area contributed by atoms with Crippen LogP contribution in [0.3, 0.4) is 0 Å². The minimum atomic E-state index is -0.926. The number of hydrogen-bond acceptors (Lipinski definition) is 4. The Bertz CT molecular complexity index is 1140. The van der Waals surface area contributed by atoms with E-state index in [-0.39, 0.29) is 19.0 Å². The molecule has 4 aromatic rings. The summed E-state index contributed by atoms with van der Waals surface area (Å²) in [5.74, 6) is -1.22. The lowest BCUT2D eigenvalue weighted by Gasteiger charge is -2.07. The molecule has 0 spiro atoms. The van der Waals surface area contributed by atoms with Gasteiger partial charge in [-0.3, -0.25) is 0 Å². The fourth-order valence-electron chi connectivity index (χ4n) is 2.79. The quantitative estimate of drug-likeness (QED) is 0.470. The topological polar surface area (TPSA) is 62.4 Å². The number of pyridine rings is 1. The van der Waals surface area contributed by atoms with Gasteiger partial charge in [-0.25, -0.2) is 8.78 Å². The Kier molecular flexibility index (Phi) is 6.49. The van der Waals surface area contributed by atoms with Gasteiger partial charge in [0.15, 0.2) is 5.52 Å². The van der Waals surface area contributed by atoms with E-state index in [0.717, 1.165) is 22.2 Å². The average Bonchev–Trinajstić information content (AvgIpc) is 3.13. The summed E-state index contributed by atoms with van der Waals surface area (Å²) < 4.78 is 28.8. The number of hydrogen-bond donors (Lipinski definition) is 2. The molecule has 0 saturated carbocycles. The van der Waals surface area contributed by atoms with Gasteiger partial charge in [0.05, 0.1) is 11.5 Å². The second kappa shape index (κ2) is 8.87. The summed E-state index contributed by atoms with van der Waals surface area (Å²) in [6.45, 7) is -0.348. The number of aliphatic hydroxyl groups excluding tert-OH is 2. The maximum absolute atomic E-state index is 13.9. The molecule has 5 nitrogen and oxygen atoms in total. The van der Waals surface area contributed by atoms with Gasteiger partial charge in [0.25, 0.3) is 0 Å². The molecule has 1 atom stereocenters. The van der Waals surface area contributed by atoms with Crippen molar-refractivity contribution in [1.29, 1.82) is 0 Å². The number of benzene rings is 2. The molecule has 2 heterocycles. The Balaban J connectivity index is 0.00000240. The zero-order valence-electron chi connectivity index (χ0n) is 14.9. The molecule has 0 saturated heterocycles. The van der Waals surface area contributed by atoms with E-state index in [0.29, 0.717) is 10.5 Å². The summed E-state index contributed by atoms with van der Waals surface area (Å²) in [5.41, 5.74) is 2.20. The molecule has 4 rings (SSSR count). The molecule has 2 aromatic heterocycles. The van der Waals surface area contributed by atoms with Crippen molar-refractivity contribution in [2.45, 2.75) is 15.9 Å². The lowest BCUT2D eigenvalue weighted by molar-refractivity contribution is -0.605. The van der Waals surface area contributed by atoms with Crippen LogP contribution in [0.1, 0.15) is 11.7 Å². The summed E-state index contributed by atoms with van der Waals surface area (Å²) in [4.78, 5) is 2.75. The van der Waals surface area contributed by atoms with Gasteiger partial charge < -0.3 is 10.2 Å². The van der Waals surface area contributed by atoms with Crippen molar-refractivity contribution in [2.24, 2.45) is 0 Å². The third kappa shape index (κ3) is 4.40. The molecule has 0 aliphatic carbocycles. The molecule has 29 heavy (non-hydrogen) atoms. The van der Waals surface area contributed by atoms with E-state index in [9.17, 15) is 13.9 Å². The zero-order valence-corrected chi connectivity index (χ0v) is 16.6. The van der Waals surface area contributed by atoms with Crippen LogP contribution in [-0.4, -0.2) is 26.7 Å². The highest BCUT2D eigenvalue weighted by atomic mass is 35.5. The first kappa shape index (κ1) is 21.2. The van der Waals surface area contributed by atoms with Crippen LogP contribution in [0.4, 0.5) is 8.78 Å². The van der Waals surface area contributed by atoms with Crippen LogP contribution in [0.15, 0.2) is 76.8 Å². The minimum Gasteiger partial charge on any atom is -0.393 e. The van der Waals surface area contributed by atoms with Crippen LogP contribution in [-0.2, 0) is 0 Å². The van der Waals surface area contributed by atoms with Crippen molar-refractivity contribution < 1.29 is 23.5 Å². The van der Waals surface area contributed by atoms with Gasteiger partial charge in [-0.05, 0) is 46.8 Å². The van der Waals surface area contributed by atoms with Gasteiger partial charge in [-0.2, -0.15) is 0 Å². The number of aliphatic hydroxyl groups is 2. The van der Waals surface area contributed by atoms with Crippen LogP contribution < -0.4 is 4.52 Å². The molecule has 1 unspecified atom stereocenters. The molecule has 0 fully saturated rings. The highest BCUT2D eigenvalue weighted by molar-refractivity contribution is 7.99. The highest BCUT2D eigenvalue weighted by Gasteiger charge is 2.15. The van der Waals surface area contributed by atoms with Crippen LogP contribution >= 0.6 is 24.2 Å². The Morgan fingerprint density at radius 3 is 2.52 bits per heavy atom. The molecule has 0 bridgehead atoms. The molecule has 0 radical (unpaired) electrons. The van der Waals surface area contributed by atoms with Gasteiger partial charge in [-0.15, -0.1) is 16.9 Å². The smallest absolute Gasteiger partial charge is 0.214 e. The van der Waals surface area contributed by atoms with E-state index in [4.69, 9.17) is 5.11 Å². The molecule has 0 amide bonds. The summed E-state index contributed by atoms with van der Waals surface area (Å²) in [6, 6.07) is 14.2. The molecule has 0 aliphatic rings. The second-order valence-electron chi connectivity index (χ2n) is 6.13. The summed E-state index contributed by atoms with van der Waals surface area (Å²) in [5, 5.41) is 23.1. The first-order valence-electron chi connectivity index (χ1n) is 8.47. The van der Waals surface area contributed by atoms with Gasteiger partial charge in [0.1, 0.15) is 29.6 Å². The van der Waals surface area contributed by atoms with Crippen LogP contribution in [0.5, 0.6) is 0 Å². The summed E-state index contributed by atoms with van der Waals surface area (Å²) in [6.07, 6.45) is 2.58. The van der Waals surface area contributed by atoms with Crippen molar-refractivity contribution in [1.82, 2.24) is 9.90 Å². The predicted octanol–water partition coefficient (Wildman–Crippen LogP) is 3.49. The third-order valence-electron chi connectivity index (χ3n) is 4.24. The van der Waals surface area contributed by atoms with Gasteiger partial charge >= 0.3 is 0 Å². The predicted molar refractivity (Wildman–Crippen MR) is 106 cm³/mol. The molecule has 150 valence electrons. The van der Waals surface area contributed by atoms with Crippen molar-refractivity contribution in [2.75, 3.05) is 6.61 Å². The van der Waals surface area contributed by atoms with Crippen molar-refractivity contribution >= 4 is 29.7 Å².